The molecule has 0 aliphatic carbocycles. The van der Waals surface area contributed by atoms with Gasteiger partial charge in [0.15, 0.2) is 0 Å². The molecular weight excluding hydrogens is 677 g/mol. The summed E-state index contributed by atoms with van der Waals surface area (Å²) in [6.07, 6.45) is 5.66. The van der Waals surface area contributed by atoms with Gasteiger partial charge in [0, 0.05) is 34.1 Å². The van der Waals surface area contributed by atoms with Gasteiger partial charge in [0.05, 0.1) is 0 Å². The Morgan fingerprint density at radius 1 is 0.357 bits per heavy atom. The van der Waals surface area contributed by atoms with Gasteiger partial charge in [-0.25, -0.2) is 0 Å². The van der Waals surface area contributed by atoms with Crippen molar-refractivity contribution in [2.24, 2.45) is 0 Å². The van der Waals surface area contributed by atoms with Gasteiger partial charge in [-0.3, -0.25) is 0 Å². The highest BCUT2D eigenvalue weighted by Crippen LogP contribution is 2.40. The molecule has 0 aliphatic rings. The summed E-state index contributed by atoms with van der Waals surface area (Å²) >= 11 is 0. The van der Waals surface area contributed by atoms with E-state index >= 15 is 0 Å². The van der Waals surface area contributed by atoms with E-state index in [9.17, 15) is 0 Å². The fourth-order valence-corrected chi connectivity index (χ4v) is 7.73. The number of anilines is 6. The monoisotopic (exact) mass is 741 g/mol. The highest BCUT2D eigenvalue weighted by atomic mass is 15.1. The molecule has 290 valence electrons. The van der Waals surface area contributed by atoms with Gasteiger partial charge in [-0.2, -0.15) is 0 Å². The predicted octanol–water partition coefficient (Wildman–Crippen LogP) is 16.9. The maximum atomic E-state index is 2.39. The van der Waals surface area contributed by atoms with E-state index in [0.29, 0.717) is 17.8 Å². The summed E-state index contributed by atoms with van der Waals surface area (Å²) in [5.74, 6) is 1.63. The van der Waals surface area contributed by atoms with Crippen molar-refractivity contribution in [1.82, 2.24) is 0 Å². The maximum Gasteiger partial charge on any atom is 0.0462 e. The summed E-state index contributed by atoms with van der Waals surface area (Å²) in [5.41, 5.74) is 15.1. The molecule has 0 aromatic heterocycles. The smallest absolute Gasteiger partial charge is 0.0462 e. The van der Waals surface area contributed by atoms with Crippen LogP contribution in [0.25, 0.3) is 11.1 Å². The molecule has 3 unspecified atom stereocenters. The first-order valence-electron chi connectivity index (χ1n) is 21.3. The van der Waals surface area contributed by atoms with Gasteiger partial charge in [0.2, 0.25) is 0 Å². The molecule has 0 N–H and O–H groups in total. The fourth-order valence-electron chi connectivity index (χ4n) is 7.73. The third kappa shape index (κ3) is 8.81. The van der Waals surface area contributed by atoms with E-state index in [0.717, 1.165) is 43.5 Å². The molecule has 0 radical (unpaired) electrons. The third-order valence-electron chi connectivity index (χ3n) is 13.0. The summed E-state index contributed by atoms with van der Waals surface area (Å²) in [6, 6.07) is 54.9. The van der Waals surface area contributed by atoms with Crippen LogP contribution in [0.1, 0.15) is 134 Å². The van der Waals surface area contributed by atoms with Gasteiger partial charge < -0.3 is 9.80 Å². The van der Waals surface area contributed by atoms with Crippen molar-refractivity contribution in [2.45, 2.75) is 118 Å². The Labute approximate surface area is 339 Å². The number of nitrogens with zero attached hydrogens (tertiary/aromatic N) is 2. The largest absolute Gasteiger partial charge is 0.311 e. The molecule has 0 bridgehead atoms. The molecule has 0 saturated carbocycles. The van der Waals surface area contributed by atoms with Crippen LogP contribution >= 0.6 is 0 Å². The Bertz CT molecular complexity index is 2030. The van der Waals surface area contributed by atoms with Crippen molar-refractivity contribution in [3.8, 4) is 11.1 Å². The van der Waals surface area contributed by atoms with E-state index in [-0.39, 0.29) is 5.41 Å². The zero-order valence-corrected chi connectivity index (χ0v) is 35.5. The predicted molar refractivity (Wildman–Crippen MR) is 245 cm³/mol. The molecule has 2 heteroatoms. The molecule has 0 aliphatic heterocycles. The summed E-state index contributed by atoms with van der Waals surface area (Å²) in [5, 5.41) is 0. The number of hydrogen-bond donors (Lipinski definition) is 0. The van der Waals surface area contributed by atoms with Gasteiger partial charge in [-0.15, -0.1) is 0 Å². The lowest BCUT2D eigenvalue weighted by Crippen LogP contribution is -2.19. The first-order chi connectivity index (χ1) is 27.1. The number of hydrogen-bond acceptors (Lipinski definition) is 2. The average molecular weight is 741 g/mol. The number of benzene rings is 6. The summed E-state index contributed by atoms with van der Waals surface area (Å²) in [4.78, 5) is 4.77. The van der Waals surface area contributed by atoms with E-state index < -0.39 is 0 Å². The fraction of sp³-hybridized carbons (Fsp3) is 0.333. The lowest BCUT2D eigenvalue weighted by Gasteiger charge is -2.30. The van der Waals surface area contributed by atoms with Crippen LogP contribution in [0.3, 0.4) is 0 Å². The molecule has 0 heterocycles. The van der Waals surface area contributed by atoms with Gasteiger partial charge >= 0.3 is 0 Å². The molecule has 0 amide bonds. The molecule has 56 heavy (non-hydrogen) atoms. The second-order valence-corrected chi connectivity index (χ2v) is 16.3. The van der Waals surface area contributed by atoms with Crippen LogP contribution in [0.5, 0.6) is 0 Å². The van der Waals surface area contributed by atoms with Crippen LogP contribution < -0.4 is 9.80 Å². The lowest BCUT2D eigenvalue weighted by molar-refractivity contribution is 0.439. The Balaban J connectivity index is 1.32. The second kappa shape index (κ2) is 18.2. The molecule has 3 atom stereocenters. The average Bonchev–Trinajstić information content (AvgIpc) is 3.27. The second-order valence-electron chi connectivity index (χ2n) is 16.3. The first-order valence-corrected chi connectivity index (χ1v) is 21.3. The minimum absolute atomic E-state index is 0.186. The zero-order valence-electron chi connectivity index (χ0n) is 35.5. The maximum absolute atomic E-state index is 2.39. The Kier molecular flexibility index (Phi) is 13.2. The van der Waals surface area contributed by atoms with Crippen LogP contribution in [0.2, 0.25) is 0 Å². The molecule has 0 spiro atoms. The Morgan fingerprint density at radius 2 is 0.589 bits per heavy atom. The Morgan fingerprint density at radius 3 is 0.821 bits per heavy atom. The molecule has 2 nitrogen and oxygen atoms in total. The standard InChI is InChI=1S/C54H64N2/c1-10-39(6)42-15-27-48(28-16-42)55(49-29-17-43(18-30-49)40(7)11-2)51-33-21-45(22-34-51)46-23-35-52(36-24-46)56(50-31-19-44(20-32-50)41(8)12-3)53-37-25-47(26-38-53)54(9,13-4)14-5/h15-41H,10-14H2,1-9H3. The van der Waals surface area contributed by atoms with Crippen molar-refractivity contribution >= 4 is 34.1 Å². The van der Waals surface area contributed by atoms with Crippen LogP contribution in [0.15, 0.2) is 146 Å². The third-order valence-corrected chi connectivity index (χ3v) is 13.0. The molecule has 6 aromatic carbocycles. The number of rotatable bonds is 16. The van der Waals surface area contributed by atoms with Gasteiger partial charge in [-0.05, 0) is 161 Å². The van der Waals surface area contributed by atoms with E-state index in [1.54, 1.807) is 0 Å². The van der Waals surface area contributed by atoms with Gasteiger partial charge in [0.1, 0.15) is 0 Å². The summed E-state index contributed by atoms with van der Waals surface area (Å²) in [6.45, 7) is 20.7. The van der Waals surface area contributed by atoms with Crippen molar-refractivity contribution in [3.63, 3.8) is 0 Å². The zero-order chi connectivity index (χ0) is 39.8. The normalized spacial score (nSPS) is 13.2. The van der Waals surface area contributed by atoms with Crippen molar-refractivity contribution in [3.05, 3.63) is 168 Å². The van der Waals surface area contributed by atoms with Crippen LogP contribution in [-0.2, 0) is 5.41 Å². The lowest BCUT2D eigenvalue weighted by atomic mass is 9.78. The highest BCUT2D eigenvalue weighted by molar-refractivity contribution is 5.81. The van der Waals surface area contributed by atoms with Crippen molar-refractivity contribution < 1.29 is 0 Å². The van der Waals surface area contributed by atoms with E-state index in [2.05, 4.69) is 218 Å². The summed E-state index contributed by atoms with van der Waals surface area (Å²) in [7, 11) is 0. The molecular formula is C54H64N2. The summed E-state index contributed by atoms with van der Waals surface area (Å²) < 4.78 is 0. The molecule has 6 aromatic rings. The van der Waals surface area contributed by atoms with E-state index in [4.69, 9.17) is 0 Å². The van der Waals surface area contributed by atoms with Crippen molar-refractivity contribution in [2.75, 3.05) is 9.80 Å². The van der Waals surface area contributed by atoms with Gasteiger partial charge in [0.25, 0.3) is 0 Å². The van der Waals surface area contributed by atoms with Crippen molar-refractivity contribution in [1.29, 1.82) is 0 Å². The molecule has 0 fully saturated rings. The molecule has 0 saturated heterocycles. The first kappa shape index (κ1) is 40.6. The minimum Gasteiger partial charge on any atom is -0.311 e. The van der Waals surface area contributed by atoms with Crippen LogP contribution in [0.4, 0.5) is 34.1 Å². The quantitative estimate of drug-likeness (QED) is 0.0975. The SMILES string of the molecule is CCC(C)c1ccc(N(c2ccc(-c3ccc(N(c4ccc(C(C)CC)cc4)c4ccc(C(C)(CC)CC)cc4)cc3)cc2)c2ccc(C(C)CC)cc2)cc1. The highest BCUT2D eigenvalue weighted by Gasteiger charge is 2.23. The van der Waals surface area contributed by atoms with Crippen LogP contribution in [-0.4, -0.2) is 0 Å². The van der Waals surface area contributed by atoms with E-state index in [1.165, 1.54) is 56.1 Å². The van der Waals surface area contributed by atoms with Gasteiger partial charge in [-0.1, -0.05) is 135 Å². The van der Waals surface area contributed by atoms with Crippen LogP contribution in [0, 0.1) is 0 Å². The topological polar surface area (TPSA) is 6.48 Å². The molecule has 6 rings (SSSR count). The Hall–Kier alpha value is -5.08. The minimum atomic E-state index is 0.186. The van der Waals surface area contributed by atoms with E-state index in [1.807, 2.05) is 0 Å².